The van der Waals surface area contributed by atoms with Gasteiger partial charge in [-0.25, -0.2) is 0 Å². The fourth-order valence-electron chi connectivity index (χ4n) is 0. The Kier molecular flexibility index (Phi) is 13.1. The van der Waals surface area contributed by atoms with Crippen molar-refractivity contribution in [2.24, 2.45) is 0 Å². The zero-order valence-electron chi connectivity index (χ0n) is 3.14. The maximum Gasteiger partial charge on any atom is 0.631 e. The molecule has 0 aromatic rings. The Morgan fingerprint density at radius 1 is 1.14 bits per heavy atom. The Morgan fingerprint density at radius 3 is 1.14 bits per heavy atom. The molecule has 0 saturated carbocycles. The molecule has 3 N–H and O–H groups in total. The monoisotopic (exact) mass is 126 g/mol. The first-order valence-electron chi connectivity index (χ1n) is 1.11. The Hall–Kier alpha value is -0.235. The van der Waals surface area contributed by atoms with Crippen LogP contribution in [0.25, 0.3) is 0 Å². The summed E-state index contributed by atoms with van der Waals surface area (Å²) in [5, 5.41) is 21.5. The zero-order chi connectivity index (χ0) is 6.28. The van der Waals surface area contributed by atoms with Crippen LogP contribution in [0.3, 0.4) is 0 Å². The molecule has 0 radical (unpaired) electrons. The highest BCUT2D eigenvalue weighted by Crippen LogP contribution is 1.40. The summed E-state index contributed by atoms with van der Waals surface area (Å²) in [6, 6.07) is 0. The van der Waals surface area contributed by atoms with Gasteiger partial charge in [0, 0.05) is 0 Å². The summed E-state index contributed by atoms with van der Waals surface area (Å²) in [6.45, 7) is 0. The number of hydrogen-bond acceptors (Lipinski definition) is 5. The van der Waals surface area contributed by atoms with Gasteiger partial charge >= 0.3 is 18.9 Å². The lowest BCUT2D eigenvalue weighted by Gasteiger charge is -1.69. The van der Waals surface area contributed by atoms with E-state index in [-0.39, 0.29) is 0 Å². The van der Waals surface area contributed by atoms with E-state index >= 15 is 0 Å². The van der Waals surface area contributed by atoms with Gasteiger partial charge in [-0.15, -0.1) is 0 Å². The van der Waals surface area contributed by atoms with Crippen LogP contribution in [0.15, 0.2) is 0 Å². The molecule has 0 amide bonds. The van der Waals surface area contributed by atoms with Crippen LogP contribution in [0.1, 0.15) is 0 Å². The predicted molar refractivity (Wildman–Crippen MR) is 21.3 cm³/mol. The SMILES string of the molecule is O=S=O.OB(O)O. The maximum absolute atomic E-state index is 8.29. The molecule has 5 nitrogen and oxygen atoms in total. The van der Waals surface area contributed by atoms with E-state index < -0.39 is 18.9 Å². The lowest BCUT2D eigenvalue weighted by molar-refractivity contribution is 0.278. The van der Waals surface area contributed by atoms with Crippen LogP contribution < -0.4 is 0 Å². The van der Waals surface area contributed by atoms with Gasteiger partial charge < -0.3 is 15.1 Å². The minimum atomic E-state index is -2.17. The van der Waals surface area contributed by atoms with Gasteiger partial charge in [-0.2, -0.15) is 8.42 Å². The molecule has 0 rings (SSSR count). The summed E-state index contributed by atoms with van der Waals surface area (Å²) >= 11 is -0.750. The van der Waals surface area contributed by atoms with Gasteiger partial charge in [0.1, 0.15) is 0 Å². The molecular formula is H3BO5S. The van der Waals surface area contributed by atoms with Crippen molar-refractivity contribution >= 4 is 18.9 Å². The molecule has 0 aromatic carbocycles. The van der Waals surface area contributed by atoms with Gasteiger partial charge in [0.15, 0.2) is 0 Å². The largest absolute Gasteiger partial charge is 0.631 e. The van der Waals surface area contributed by atoms with Gasteiger partial charge in [-0.05, 0) is 0 Å². The third-order valence-corrected chi connectivity index (χ3v) is 0. The average molecular weight is 126 g/mol. The Morgan fingerprint density at radius 2 is 1.14 bits per heavy atom. The molecule has 0 unspecified atom stereocenters. The Bertz CT molecular complexity index is 50.3. The third-order valence-electron chi connectivity index (χ3n) is 0. The van der Waals surface area contributed by atoms with Gasteiger partial charge in [0.05, 0.1) is 0 Å². The van der Waals surface area contributed by atoms with E-state index in [9.17, 15) is 0 Å². The predicted octanol–water partition coefficient (Wildman–Crippen LogP) is -2.72. The van der Waals surface area contributed by atoms with Gasteiger partial charge in [0.25, 0.3) is 0 Å². The second-order valence-electron chi connectivity index (χ2n) is 0.414. The summed E-state index contributed by atoms with van der Waals surface area (Å²) in [5.41, 5.74) is 0. The maximum atomic E-state index is 8.29. The first-order chi connectivity index (χ1) is 3.15. The van der Waals surface area contributed by atoms with Crippen molar-refractivity contribution in [2.45, 2.75) is 0 Å². The first-order valence-corrected chi connectivity index (χ1v) is 1.77. The van der Waals surface area contributed by atoms with Gasteiger partial charge in [0.2, 0.25) is 0 Å². The first kappa shape index (κ1) is 9.90. The summed E-state index contributed by atoms with van der Waals surface area (Å²) < 4.78 is 16.6. The van der Waals surface area contributed by atoms with E-state index in [1.54, 1.807) is 0 Å². The topological polar surface area (TPSA) is 94.8 Å². The van der Waals surface area contributed by atoms with Crippen molar-refractivity contribution in [3.63, 3.8) is 0 Å². The smallest absolute Gasteiger partial charge is 0.402 e. The van der Waals surface area contributed by atoms with Crippen molar-refractivity contribution in [1.82, 2.24) is 0 Å². The molecule has 0 aliphatic heterocycles. The second-order valence-corrected chi connectivity index (χ2v) is 0.551. The molecule has 7 heteroatoms. The molecule has 0 aromatic heterocycles. The lowest BCUT2D eigenvalue weighted by atomic mass is 10.3. The summed E-state index contributed by atoms with van der Waals surface area (Å²) in [5.74, 6) is 0. The van der Waals surface area contributed by atoms with E-state index in [1.807, 2.05) is 0 Å². The van der Waals surface area contributed by atoms with E-state index in [0.29, 0.717) is 0 Å². The van der Waals surface area contributed by atoms with Crippen LogP contribution in [-0.2, 0) is 11.6 Å². The molecule has 0 bridgehead atoms. The summed E-state index contributed by atoms with van der Waals surface area (Å²) in [7, 11) is -2.17. The molecule has 0 aliphatic carbocycles. The lowest BCUT2D eigenvalue weighted by Crippen LogP contribution is -2.07. The fourth-order valence-corrected chi connectivity index (χ4v) is 0. The molecule has 0 atom stereocenters. The van der Waals surface area contributed by atoms with Crippen molar-refractivity contribution in [1.29, 1.82) is 0 Å². The van der Waals surface area contributed by atoms with Crippen LogP contribution in [0.2, 0.25) is 0 Å². The second kappa shape index (κ2) is 9.23. The van der Waals surface area contributed by atoms with Gasteiger partial charge in [-0.3, -0.25) is 0 Å². The Labute approximate surface area is 43.4 Å². The molecule has 0 aliphatic rings. The molecule has 0 heterocycles. The molecular weight excluding hydrogens is 123 g/mol. The van der Waals surface area contributed by atoms with E-state index in [0.717, 1.165) is 0 Å². The van der Waals surface area contributed by atoms with E-state index in [2.05, 4.69) is 0 Å². The molecule has 0 spiro atoms. The van der Waals surface area contributed by atoms with Gasteiger partial charge in [-0.1, -0.05) is 0 Å². The standard InChI is InChI=1S/BH3O3.O2S/c2-1(3)4;1-3-2/h2-4H;. The van der Waals surface area contributed by atoms with Crippen molar-refractivity contribution in [2.75, 3.05) is 0 Å². The summed E-state index contributed by atoms with van der Waals surface area (Å²) in [6.07, 6.45) is 0. The normalized spacial score (nSPS) is 5.57. The van der Waals surface area contributed by atoms with Crippen LogP contribution in [0.4, 0.5) is 0 Å². The van der Waals surface area contributed by atoms with Crippen molar-refractivity contribution in [3.8, 4) is 0 Å². The minimum Gasteiger partial charge on any atom is -0.402 e. The number of rotatable bonds is 0. The highest BCUT2D eigenvalue weighted by molar-refractivity contribution is 7.51. The van der Waals surface area contributed by atoms with Crippen molar-refractivity contribution in [3.05, 3.63) is 0 Å². The average Bonchev–Trinajstić information content (AvgIpc) is 1.33. The molecule has 0 saturated heterocycles. The number of hydrogen-bond donors (Lipinski definition) is 3. The highest BCUT2D eigenvalue weighted by Gasteiger charge is 1.92. The molecule has 7 heavy (non-hydrogen) atoms. The van der Waals surface area contributed by atoms with E-state index in [4.69, 9.17) is 23.5 Å². The minimum absolute atomic E-state index is 0.750. The molecule has 0 fully saturated rings. The van der Waals surface area contributed by atoms with Crippen LogP contribution >= 0.6 is 0 Å². The van der Waals surface area contributed by atoms with Crippen LogP contribution in [-0.4, -0.2) is 30.8 Å². The quantitative estimate of drug-likeness (QED) is 0.306. The van der Waals surface area contributed by atoms with Crippen molar-refractivity contribution < 1.29 is 23.5 Å². The fraction of sp³-hybridized carbons (Fsp3) is 0. The molecule has 42 valence electrons. The van der Waals surface area contributed by atoms with Crippen LogP contribution in [0, 0.1) is 0 Å². The van der Waals surface area contributed by atoms with E-state index in [1.165, 1.54) is 0 Å². The zero-order valence-corrected chi connectivity index (χ0v) is 3.96. The third kappa shape index (κ3) is 1480. The highest BCUT2D eigenvalue weighted by atomic mass is 32.1. The summed E-state index contributed by atoms with van der Waals surface area (Å²) in [4.78, 5) is 0. The Balaban J connectivity index is 0. The van der Waals surface area contributed by atoms with Crippen LogP contribution in [0.5, 0.6) is 0 Å².